The van der Waals surface area contributed by atoms with E-state index in [1.165, 1.54) is 5.56 Å². The summed E-state index contributed by atoms with van der Waals surface area (Å²) in [6.07, 6.45) is 4.99. The molecule has 0 aliphatic carbocycles. The highest BCUT2D eigenvalue weighted by atomic mass is 32.1. The number of thiophene rings is 1. The summed E-state index contributed by atoms with van der Waals surface area (Å²) in [5.74, 6) is 0.878. The standard InChI is InChI=1S/C19H22N4O2S/c1-19(2)7-14-11(9-25-19)6-13-15-16(26-18(13)23-14)17(22-10-21-15)20-8-12-4-3-5-24-12/h6,10,12H,3-5,7-9H2,1-2H3,(H,20,21,22)/t12-/m1/s1. The van der Waals surface area contributed by atoms with Gasteiger partial charge in [-0.15, -0.1) is 11.3 Å². The molecule has 1 N–H and O–H groups in total. The average molecular weight is 370 g/mol. The molecular weight excluding hydrogens is 348 g/mol. The molecule has 5 heterocycles. The van der Waals surface area contributed by atoms with Crippen LogP contribution in [0.4, 0.5) is 5.82 Å². The minimum Gasteiger partial charge on any atom is -0.376 e. The van der Waals surface area contributed by atoms with Gasteiger partial charge in [0.1, 0.15) is 17.0 Å². The summed E-state index contributed by atoms with van der Waals surface area (Å²) in [4.78, 5) is 15.0. The molecule has 1 fully saturated rings. The van der Waals surface area contributed by atoms with Crippen molar-refractivity contribution in [3.05, 3.63) is 23.7 Å². The maximum absolute atomic E-state index is 5.95. The summed E-state index contributed by atoms with van der Waals surface area (Å²) in [7, 11) is 0. The van der Waals surface area contributed by atoms with E-state index >= 15 is 0 Å². The van der Waals surface area contributed by atoms with Gasteiger partial charge < -0.3 is 14.8 Å². The first kappa shape index (κ1) is 16.4. The van der Waals surface area contributed by atoms with Gasteiger partial charge in [-0.05, 0) is 32.8 Å². The van der Waals surface area contributed by atoms with Gasteiger partial charge in [0.25, 0.3) is 0 Å². The molecule has 2 aliphatic heterocycles. The molecule has 0 radical (unpaired) electrons. The van der Waals surface area contributed by atoms with Crippen LogP contribution in [0.15, 0.2) is 12.4 Å². The second-order valence-corrected chi connectivity index (χ2v) is 8.69. The third-order valence-electron chi connectivity index (χ3n) is 5.15. The van der Waals surface area contributed by atoms with Gasteiger partial charge in [0.15, 0.2) is 0 Å². The van der Waals surface area contributed by atoms with E-state index in [0.717, 1.165) is 64.4 Å². The summed E-state index contributed by atoms with van der Waals surface area (Å²) in [5, 5.41) is 4.55. The number of hydrogen-bond donors (Lipinski definition) is 1. The zero-order valence-corrected chi connectivity index (χ0v) is 15.9. The molecule has 0 bridgehead atoms. The Balaban J connectivity index is 1.54. The Bertz CT molecular complexity index is 978. The van der Waals surface area contributed by atoms with Crippen molar-refractivity contribution in [3.8, 4) is 0 Å². The normalized spacial score (nSPS) is 22.0. The van der Waals surface area contributed by atoms with Crippen molar-refractivity contribution in [1.82, 2.24) is 15.0 Å². The number of pyridine rings is 1. The zero-order valence-electron chi connectivity index (χ0n) is 15.0. The fourth-order valence-corrected chi connectivity index (χ4v) is 4.82. The van der Waals surface area contributed by atoms with E-state index in [-0.39, 0.29) is 11.7 Å². The molecule has 3 aromatic rings. The van der Waals surface area contributed by atoms with Gasteiger partial charge >= 0.3 is 0 Å². The van der Waals surface area contributed by atoms with E-state index in [4.69, 9.17) is 14.5 Å². The SMILES string of the molecule is CC1(C)Cc2nc3sc4c(NC[C@H]5CCCO5)ncnc4c3cc2CO1. The van der Waals surface area contributed by atoms with Crippen molar-refractivity contribution >= 4 is 37.6 Å². The fourth-order valence-electron chi connectivity index (χ4n) is 3.73. The molecule has 0 amide bonds. The van der Waals surface area contributed by atoms with Crippen LogP contribution in [-0.4, -0.2) is 39.8 Å². The van der Waals surface area contributed by atoms with Crippen LogP contribution in [0.5, 0.6) is 0 Å². The molecule has 6 nitrogen and oxygen atoms in total. The predicted octanol–water partition coefficient (Wildman–Crippen LogP) is 3.68. The second kappa shape index (κ2) is 6.11. The Hall–Kier alpha value is -1.83. The van der Waals surface area contributed by atoms with Gasteiger partial charge in [-0.25, -0.2) is 15.0 Å². The molecule has 1 atom stereocenters. The molecule has 0 spiro atoms. The van der Waals surface area contributed by atoms with Crippen LogP contribution in [0.1, 0.15) is 37.9 Å². The fraction of sp³-hybridized carbons (Fsp3) is 0.526. The van der Waals surface area contributed by atoms with Gasteiger partial charge in [0.05, 0.1) is 34.2 Å². The predicted molar refractivity (Wildman–Crippen MR) is 103 cm³/mol. The molecular formula is C19H22N4O2S. The van der Waals surface area contributed by atoms with Crippen molar-refractivity contribution in [1.29, 1.82) is 0 Å². The lowest BCUT2D eigenvalue weighted by Gasteiger charge is -2.30. The molecule has 3 aromatic heterocycles. The van der Waals surface area contributed by atoms with Crippen LogP contribution in [-0.2, 0) is 22.5 Å². The monoisotopic (exact) mass is 370 g/mol. The van der Waals surface area contributed by atoms with Crippen LogP contribution >= 0.6 is 11.3 Å². The zero-order chi connectivity index (χ0) is 17.7. The topological polar surface area (TPSA) is 69.2 Å². The minimum absolute atomic E-state index is 0.155. The van der Waals surface area contributed by atoms with Crippen molar-refractivity contribution in [2.24, 2.45) is 0 Å². The van der Waals surface area contributed by atoms with Gasteiger partial charge in [0.2, 0.25) is 0 Å². The van der Waals surface area contributed by atoms with Crippen LogP contribution in [0.2, 0.25) is 0 Å². The van der Waals surface area contributed by atoms with Crippen molar-refractivity contribution < 1.29 is 9.47 Å². The first-order valence-electron chi connectivity index (χ1n) is 9.14. The molecule has 5 rings (SSSR count). The highest BCUT2D eigenvalue weighted by molar-refractivity contribution is 7.25. The molecule has 2 aliphatic rings. The van der Waals surface area contributed by atoms with E-state index < -0.39 is 0 Å². The summed E-state index contributed by atoms with van der Waals surface area (Å²) >= 11 is 1.66. The summed E-state index contributed by atoms with van der Waals surface area (Å²) < 4.78 is 12.7. The third kappa shape index (κ3) is 2.84. The number of hydrogen-bond acceptors (Lipinski definition) is 7. The molecule has 1 saturated heterocycles. The highest BCUT2D eigenvalue weighted by Gasteiger charge is 2.28. The number of anilines is 1. The Morgan fingerprint density at radius 2 is 2.27 bits per heavy atom. The van der Waals surface area contributed by atoms with E-state index in [1.807, 2.05) is 0 Å². The third-order valence-corrected chi connectivity index (χ3v) is 6.24. The number of aromatic nitrogens is 3. The van der Waals surface area contributed by atoms with Gasteiger partial charge in [0, 0.05) is 30.5 Å². The largest absolute Gasteiger partial charge is 0.376 e. The van der Waals surface area contributed by atoms with E-state index in [9.17, 15) is 0 Å². The maximum Gasteiger partial charge on any atom is 0.147 e. The highest BCUT2D eigenvalue weighted by Crippen LogP contribution is 2.38. The quantitative estimate of drug-likeness (QED) is 0.758. The van der Waals surface area contributed by atoms with Crippen LogP contribution in [0, 0.1) is 0 Å². The van der Waals surface area contributed by atoms with Gasteiger partial charge in [-0.2, -0.15) is 0 Å². The average Bonchev–Trinajstić information content (AvgIpc) is 3.25. The van der Waals surface area contributed by atoms with Crippen molar-refractivity contribution in [2.45, 2.75) is 51.4 Å². The lowest BCUT2D eigenvalue weighted by molar-refractivity contribution is -0.0411. The van der Waals surface area contributed by atoms with Crippen LogP contribution in [0.3, 0.4) is 0 Å². The number of ether oxygens (including phenoxy) is 2. The summed E-state index contributed by atoms with van der Waals surface area (Å²) in [6.45, 7) is 6.49. The van der Waals surface area contributed by atoms with Crippen molar-refractivity contribution in [2.75, 3.05) is 18.5 Å². The Labute approximate surface area is 156 Å². The van der Waals surface area contributed by atoms with Crippen LogP contribution in [0.25, 0.3) is 20.4 Å². The van der Waals surface area contributed by atoms with Gasteiger partial charge in [-0.1, -0.05) is 0 Å². The first-order valence-corrected chi connectivity index (χ1v) is 9.96. The molecule has 0 unspecified atom stereocenters. The first-order chi connectivity index (χ1) is 12.6. The Kier molecular flexibility index (Phi) is 3.84. The minimum atomic E-state index is -0.155. The number of nitrogens with one attached hydrogen (secondary N) is 1. The van der Waals surface area contributed by atoms with Crippen molar-refractivity contribution in [3.63, 3.8) is 0 Å². The maximum atomic E-state index is 5.95. The molecule has 7 heteroatoms. The van der Waals surface area contributed by atoms with E-state index in [2.05, 4.69) is 35.2 Å². The van der Waals surface area contributed by atoms with Gasteiger partial charge in [-0.3, -0.25) is 0 Å². The molecule has 0 saturated carbocycles. The number of rotatable bonds is 3. The molecule has 26 heavy (non-hydrogen) atoms. The van der Waals surface area contributed by atoms with Crippen LogP contribution < -0.4 is 5.32 Å². The lowest BCUT2D eigenvalue weighted by atomic mass is 9.95. The van der Waals surface area contributed by atoms with E-state index in [0.29, 0.717) is 6.61 Å². The Morgan fingerprint density at radius 1 is 1.35 bits per heavy atom. The van der Waals surface area contributed by atoms with E-state index in [1.54, 1.807) is 17.7 Å². The lowest BCUT2D eigenvalue weighted by Crippen LogP contribution is -2.32. The molecule has 0 aromatic carbocycles. The Morgan fingerprint density at radius 3 is 3.12 bits per heavy atom. The second-order valence-electron chi connectivity index (χ2n) is 7.69. The smallest absolute Gasteiger partial charge is 0.147 e. The summed E-state index contributed by atoms with van der Waals surface area (Å²) in [6, 6.07) is 2.20. The number of nitrogens with zero attached hydrogens (tertiary/aromatic N) is 3. The summed E-state index contributed by atoms with van der Waals surface area (Å²) in [5.41, 5.74) is 3.12. The number of fused-ring (bicyclic) bond motifs is 4. The molecule has 136 valence electrons.